The van der Waals surface area contributed by atoms with E-state index in [0.29, 0.717) is 25.7 Å². The van der Waals surface area contributed by atoms with Gasteiger partial charge in [0.25, 0.3) is 17.5 Å². The first-order valence-corrected chi connectivity index (χ1v) is 14.3. The maximum absolute atomic E-state index is 12.8. The first-order valence-electron chi connectivity index (χ1n) is 10.6. The largest absolute Gasteiger partial charge is 0.469 e. The summed E-state index contributed by atoms with van der Waals surface area (Å²) < 4.78 is 4.73. The van der Waals surface area contributed by atoms with Crippen molar-refractivity contribution in [2.75, 3.05) is 13.7 Å². The van der Waals surface area contributed by atoms with Crippen molar-refractivity contribution >= 4 is 37.1 Å². The van der Waals surface area contributed by atoms with Crippen molar-refractivity contribution < 1.29 is 24.0 Å². The first kappa shape index (κ1) is 25.2. The minimum atomic E-state index is -1.31. The number of imide groups is 1. The third-order valence-corrected chi connectivity index (χ3v) is 6.59. The van der Waals surface area contributed by atoms with Crippen molar-refractivity contribution in [3.05, 3.63) is 57.7 Å². The van der Waals surface area contributed by atoms with Crippen molar-refractivity contribution in [1.82, 2.24) is 4.90 Å². The number of carbonyl (C=O) groups is 3. The number of para-hydroxylation sites is 1. The number of carbonyl (C=O) groups excluding carboxylic acids is 3. The number of amides is 2. The highest BCUT2D eigenvalue weighted by atomic mass is 28.3. The summed E-state index contributed by atoms with van der Waals surface area (Å²) >= 11 is 0. The summed E-state index contributed by atoms with van der Waals surface area (Å²) in [4.78, 5) is 48.6. The maximum atomic E-state index is 12.8. The summed E-state index contributed by atoms with van der Waals surface area (Å²) in [5.41, 5.74) is 1.10. The van der Waals surface area contributed by atoms with Crippen LogP contribution in [0.15, 0.2) is 42.0 Å². The Balaban J connectivity index is 2.05. The second-order valence-corrected chi connectivity index (χ2v) is 14.5. The Kier molecular flexibility index (Phi) is 8.65. The molecule has 32 heavy (non-hydrogen) atoms. The lowest BCUT2D eigenvalue weighted by Gasteiger charge is -2.17. The molecule has 0 N–H and O–H groups in total. The number of benzene rings is 1. The number of allylic oxidation sites excluding steroid dienone is 2. The van der Waals surface area contributed by atoms with E-state index in [-0.39, 0.29) is 29.3 Å². The van der Waals surface area contributed by atoms with E-state index in [4.69, 9.17) is 4.74 Å². The monoisotopic (exact) mass is 458 g/mol. The lowest BCUT2D eigenvalue weighted by Crippen LogP contribution is -2.31. The van der Waals surface area contributed by atoms with Crippen molar-refractivity contribution in [3.63, 3.8) is 0 Å². The van der Waals surface area contributed by atoms with Gasteiger partial charge in [-0.25, -0.2) is 0 Å². The van der Waals surface area contributed by atoms with Crippen LogP contribution in [0.4, 0.5) is 5.69 Å². The molecular formula is C23H30N2O6Si. The number of rotatable bonds is 11. The topological polar surface area (TPSA) is 107 Å². The number of nitro benzene ring substituents is 1. The molecule has 0 atom stereocenters. The molecule has 8 nitrogen and oxygen atoms in total. The third kappa shape index (κ3) is 6.98. The summed E-state index contributed by atoms with van der Waals surface area (Å²) in [6.07, 6.45) is 5.43. The molecule has 2 rings (SSSR count). The molecule has 0 bridgehead atoms. The summed E-state index contributed by atoms with van der Waals surface area (Å²) in [6.45, 7) is 7.00. The summed E-state index contributed by atoms with van der Waals surface area (Å²) in [7, 11) is 0.0539. The van der Waals surface area contributed by atoms with E-state index in [9.17, 15) is 24.5 Å². The summed E-state index contributed by atoms with van der Waals surface area (Å²) in [5.74, 6) is -1.26. The average molecular weight is 459 g/mol. The molecule has 0 fully saturated rings. The van der Waals surface area contributed by atoms with Crippen LogP contribution in [0.25, 0.3) is 5.57 Å². The third-order valence-electron chi connectivity index (χ3n) is 5.16. The highest BCUT2D eigenvalue weighted by Gasteiger charge is 2.34. The smallest absolute Gasteiger partial charge is 0.305 e. The van der Waals surface area contributed by atoms with E-state index in [0.717, 1.165) is 16.5 Å². The molecule has 9 heteroatoms. The van der Waals surface area contributed by atoms with Crippen LogP contribution < -0.4 is 0 Å². The van der Waals surface area contributed by atoms with E-state index in [1.807, 2.05) is 0 Å². The van der Waals surface area contributed by atoms with Gasteiger partial charge >= 0.3 is 5.97 Å². The predicted octanol–water partition coefficient (Wildman–Crippen LogP) is 4.35. The molecule has 0 aromatic heterocycles. The SMILES string of the molecule is COC(=O)CC/C(=C/C[Si](C)(C)C)CCCN1C(=O)C=C(c2ccccc2[N+](=O)[O-])C1=O. The molecule has 1 aliphatic rings. The quantitative estimate of drug-likeness (QED) is 0.122. The van der Waals surface area contributed by atoms with Crippen LogP contribution in [-0.2, 0) is 19.1 Å². The van der Waals surface area contributed by atoms with Crippen molar-refractivity contribution in [2.24, 2.45) is 0 Å². The van der Waals surface area contributed by atoms with Gasteiger partial charge in [0.15, 0.2) is 0 Å². The molecule has 1 heterocycles. The van der Waals surface area contributed by atoms with Crippen molar-refractivity contribution in [1.29, 1.82) is 0 Å². The lowest BCUT2D eigenvalue weighted by atomic mass is 10.0. The van der Waals surface area contributed by atoms with Crippen LogP contribution in [0.3, 0.4) is 0 Å². The minimum absolute atomic E-state index is 0.0440. The fourth-order valence-electron chi connectivity index (χ4n) is 3.38. The normalized spacial score (nSPS) is 14.6. The zero-order chi connectivity index (χ0) is 23.9. The van der Waals surface area contributed by atoms with E-state index < -0.39 is 24.8 Å². The fourth-order valence-corrected chi connectivity index (χ4v) is 4.28. The van der Waals surface area contributed by atoms with E-state index in [1.165, 1.54) is 31.4 Å². The zero-order valence-corrected chi connectivity index (χ0v) is 20.1. The highest BCUT2D eigenvalue weighted by Crippen LogP contribution is 2.31. The van der Waals surface area contributed by atoms with Crippen LogP contribution in [0.5, 0.6) is 0 Å². The molecule has 0 saturated carbocycles. The van der Waals surface area contributed by atoms with Crippen LogP contribution in [0.1, 0.15) is 31.2 Å². The molecule has 0 spiro atoms. The van der Waals surface area contributed by atoms with Gasteiger partial charge in [0.1, 0.15) is 0 Å². The molecule has 0 unspecified atom stereocenters. The Morgan fingerprint density at radius 2 is 1.84 bits per heavy atom. The molecule has 0 radical (unpaired) electrons. The summed E-state index contributed by atoms with van der Waals surface area (Å²) in [6, 6.07) is 6.88. The van der Waals surface area contributed by atoms with Gasteiger partial charge in [-0.05, 0) is 31.4 Å². The Labute approximate surface area is 189 Å². The van der Waals surface area contributed by atoms with Gasteiger partial charge in [0.2, 0.25) is 0 Å². The number of methoxy groups -OCH3 is 1. The maximum Gasteiger partial charge on any atom is 0.305 e. The molecular weight excluding hydrogens is 428 g/mol. The fraction of sp³-hybridized carbons (Fsp3) is 0.435. The standard InChI is InChI=1S/C23H30N2O6Si/c1-31-22(27)12-11-17(13-15-32(2,3)4)8-7-14-24-21(26)16-19(23(24)28)18-9-5-6-10-20(18)25(29)30/h5-6,9-10,13,16H,7-8,11-12,14-15H2,1-4H3/b17-13+. The van der Waals surface area contributed by atoms with Crippen LogP contribution in [0.2, 0.25) is 25.7 Å². The molecule has 0 saturated heterocycles. The Morgan fingerprint density at radius 3 is 2.47 bits per heavy atom. The molecule has 0 aliphatic carbocycles. The molecule has 1 aromatic rings. The number of nitro groups is 1. The van der Waals surface area contributed by atoms with Gasteiger partial charge in [0.05, 0.1) is 23.2 Å². The summed E-state index contributed by atoms with van der Waals surface area (Å²) in [5, 5.41) is 11.3. The molecule has 1 aliphatic heterocycles. The zero-order valence-electron chi connectivity index (χ0n) is 19.1. The Bertz CT molecular complexity index is 961. The minimum Gasteiger partial charge on any atom is -0.469 e. The van der Waals surface area contributed by atoms with Crippen LogP contribution in [0, 0.1) is 10.1 Å². The molecule has 172 valence electrons. The van der Waals surface area contributed by atoms with Gasteiger partial charge in [-0.15, -0.1) is 0 Å². The van der Waals surface area contributed by atoms with Crippen LogP contribution >= 0.6 is 0 Å². The number of ether oxygens (including phenoxy) is 1. The van der Waals surface area contributed by atoms with E-state index in [2.05, 4.69) is 25.7 Å². The van der Waals surface area contributed by atoms with Crippen molar-refractivity contribution in [3.8, 4) is 0 Å². The number of esters is 1. The predicted molar refractivity (Wildman–Crippen MR) is 125 cm³/mol. The van der Waals surface area contributed by atoms with Gasteiger partial charge in [0, 0.05) is 33.2 Å². The Hall–Kier alpha value is -3.07. The van der Waals surface area contributed by atoms with E-state index >= 15 is 0 Å². The Morgan fingerprint density at radius 1 is 1.16 bits per heavy atom. The second-order valence-electron chi connectivity index (χ2n) is 8.93. The second kappa shape index (κ2) is 11.0. The molecule has 1 aromatic carbocycles. The first-order chi connectivity index (χ1) is 15.0. The van der Waals surface area contributed by atoms with Gasteiger partial charge in [-0.3, -0.25) is 29.4 Å². The molecule has 2 amide bonds. The van der Waals surface area contributed by atoms with E-state index in [1.54, 1.807) is 6.07 Å². The van der Waals surface area contributed by atoms with Crippen molar-refractivity contribution in [2.45, 2.75) is 51.4 Å². The number of nitrogens with zero attached hydrogens (tertiary/aromatic N) is 2. The lowest BCUT2D eigenvalue weighted by molar-refractivity contribution is -0.385. The number of hydrogen-bond donors (Lipinski definition) is 0. The van der Waals surface area contributed by atoms with Crippen LogP contribution in [-0.4, -0.2) is 49.3 Å². The number of hydrogen-bond acceptors (Lipinski definition) is 6. The van der Waals surface area contributed by atoms with Gasteiger partial charge < -0.3 is 4.74 Å². The highest BCUT2D eigenvalue weighted by molar-refractivity contribution is 6.76. The average Bonchev–Trinajstić information content (AvgIpc) is 3.02. The van der Waals surface area contributed by atoms with Gasteiger partial charge in [-0.1, -0.05) is 43.4 Å². The van der Waals surface area contributed by atoms with Gasteiger partial charge in [-0.2, -0.15) is 0 Å².